The van der Waals surface area contributed by atoms with Gasteiger partial charge < -0.3 is 43.0 Å². The molecule has 55 heavy (non-hydrogen) atoms. The van der Waals surface area contributed by atoms with Crippen molar-refractivity contribution in [1.29, 1.82) is 0 Å². The number of aryl methyl sites for hydroxylation is 8. The number of aliphatic hydroxyl groups is 1. The van der Waals surface area contributed by atoms with Crippen molar-refractivity contribution in [2.75, 3.05) is 52.9 Å². The summed E-state index contributed by atoms with van der Waals surface area (Å²) in [6.45, 7) is 21.5. The maximum absolute atomic E-state index is 14.1. The molecule has 0 aromatic heterocycles. The lowest BCUT2D eigenvalue weighted by Gasteiger charge is -2.40. The van der Waals surface area contributed by atoms with Crippen molar-refractivity contribution in [3.63, 3.8) is 0 Å². The molecule has 4 saturated heterocycles. The first-order valence-electron chi connectivity index (χ1n) is 19.5. The Balaban J connectivity index is 1.31. The van der Waals surface area contributed by atoms with Gasteiger partial charge in [-0.25, -0.2) is 0 Å². The molecular formula is C46H54O9. The third-order valence-electron chi connectivity index (χ3n) is 11.1. The molecule has 292 valence electrons. The number of benzene rings is 4. The Labute approximate surface area is 324 Å². The van der Waals surface area contributed by atoms with Gasteiger partial charge in [0.1, 0.15) is 79.4 Å². The molecule has 1 N–H and O–H groups in total. The van der Waals surface area contributed by atoms with Crippen LogP contribution in [-0.4, -0.2) is 82.4 Å². The number of ether oxygens (including phenoxy) is 8. The summed E-state index contributed by atoms with van der Waals surface area (Å²) in [7, 11) is 0. The van der Waals surface area contributed by atoms with E-state index in [-0.39, 0.29) is 24.4 Å². The average molecular weight is 751 g/mol. The highest BCUT2D eigenvalue weighted by atomic mass is 16.6. The van der Waals surface area contributed by atoms with Gasteiger partial charge in [-0.1, -0.05) is 24.3 Å². The van der Waals surface area contributed by atoms with Crippen molar-refractivity contribution in [2.24, 2.45) is 0 Å². The van der Waals surface area contributed by atoms with Crippen molar-refractivity contribution in [3.8, 4) is 23.0 Å². The van der Waals surface area contributed by atoms with E-state index in [1.807, 2.05) is 0 Å². The lowest BCUT2D eigenvalue weighted by molar-refractivity contribution is 0.0620. The zero-order chi connectivity index (χ0) is 38.6. The lowest BCUT2D eigenvalue weighted by atomic mass is 9.68. The minimum absolute atomic E-state index is 0.128. The van der Waals surface area contributed by atoms with Gasteiger partial charge in [-0.3, -0.25) is 0 Å². The molecule has 4 aliphatic heterocycles. The fourth-order valence-electron chi connectivity index (χ4n) is 8.09. The molecule has 9 nitrogen and oxygen atoms in total. The van der Waals surface area contributed by atoms with Gasteiger partial charge in [-0.05, 0) is 146 Å². The molecule has 4 unspecified atom stereocenters. The minimum Gasteiger partial charge on any atom is -0.490 e. The van der Waals surface area contributed by atoms with Crippen LogP contribution in [0.1, 0.15) is 72.7 Å². The predicted octanol–water partition coefficient (Wildman–Crippen LogP) is 7.33. The van der Waals surface area contributed by atoms with E-state index in [2.05, 4.69) is 104 Å². The number of hydrogen-bond acceptors (Lipinski definition) is 9. The van der Waals surface area contributed by atoms with Gasteiger partial charge in [0.05, 0.1) is 26.4 Å². The van der Waals surface area contributed by atoms with Crippen LogP contribution in [0.5, 0.6) is 23.0 Å². The molecular weight excluding hydrogens is 696 g/mol. The zero-order valence-corrected chi connectivity index (χ0v) is 33.4. The molecule has 4 aromatic rings. The molecule has 0 radical (unpaired) electrons. The Kier molecular flexibility index (Phi) is 10.4. The maximum Gasteiger partial charge on any atom is 0.125 e. The van der Waals surface area contributed by atoms with E-state index >= 15 is 0 Å². The van der Waals surface area contributed by atoms with E-state index in [1.54, 1.807) is 0 Å². The quantitative estimate of drug-likeness (QED) is 0.111. The first-order chi connectivity index (χ1) is 26.4. The largest absolute Gasteiger partial charge is 0.490 e. The monoisotopic (exact) mass is 750 g/mol. The van der Waals surface area contributed by atoms with Crippen molar-refractivity contribution >= 4 is 0 Å². The van der Waals surface area contributed by atoms with Crippen molar-refractivity contribution in [1.82, 2.24) is 0 Å². The summed E-state index contributed by atoms with van der Waals surface area (Å²) in [6.07, 6.45) is 0.534. The summed E-state index contributed by atoms with van der Waals surface area (Å²) in [5.41, 5.74) is 9.69. The van der Waals surface area contributed by atoms with E-state index in [0.29, 0.717) is 26.4 Å². The van der Waals surface area contributed by atoms with E-state index < -0.39 is 11.5 Å². The first-order valence-corrected chi connectivity index (χ1v) is 19.5. The lowest BCUT2D eigenvalue weighted by Crippen LogP contribution is -2.36. The minimum atomic E-state index is -1.56. The third kappa shape index (κ3) is 8.23. The van der Waals surface area contributed by atoms with Crippen molar-refractivity contribution in [2.45, 2.75) is 91.3 Å². The Morgan fingerprint density at radius 3 is 0.891 bits per heavy atom. The highest BCUT2D eigenvalue weighted by Gasteiger charge is 2.44. The molecule has 0 bridgehead atoms. The molecule has 4 heterocycles. The van der Waals surface area contributed by atoms with E-state index in [0.717, 1.165) is 116 Å². The van der Waals surface area contributed by atoms with Crippen LogP contribution in [0, 0.1) is 55.4 Å². The number of epoxide rings is 4. The van der Waals surface area contributed by atoms with Gasteiger partial charge in [0.15, 0.2) is 0 Å². The second-order valence-corrected chi connectivity index (χ2v) is 16.1. The molecule has 9 heteroatoms. The molecule has 4 atom stereocenters. The van der Waals surface area contributed by atoms with E-state index in [1.165, 1.54) is 0 Å². The van der Waals surface area contributed by atoms with Crippen LogP contribution >= 0.6 is 0 Å². The summed E-state index contributed by atoms with van der Waals surface area (Å²) >= 11 is 0. The fraction of sp³-hybridized carbons (Fsp3) is 0.478. The van der Waals surface area contributed by atoms with Gasteiger partial charge in [-0.2, -0.15) is 0 Å². The van der Waals surface area contributed by atoms with Crippen molar-refractivity contribution < 1.29 is 43.0 Å². The van der Waals surface area contributed by atoms with E-state index in [9.17, 15) is 5.11 Å². The molecule has 0 saturated carbocycles. The molecule has 0 aliphatic carbocycles. The topological polar surface area (TPSA) is 107 Å². The molecule has 8 rings (SSSR count). The highest BCUT2D eigenvalue weighted by Crippen LogP contribution is 2.51. The smallest absolute Gasteiger partial charge is 0.125 e. The summed E-state index contributed by atoms with van der Waals surface area (Å²) in [5, 5.41) is 14.1. The Morgan fingerprint density at radius 1 is 0.455 bits per heavy atom. The maximum atomic E-state index is 14.1. The summed E-state index contributed by atoms with van der Waals surface area (Å²) in [5.74, 6) is 2.77. The average Bonchev–Trinajstić information content (AvgIpc) is 3.93. The van der Waals surface area contributed by atoms with Crippen molar-refractivity contribution in [3.05, 3.63) is 115 Å². The normalized spacial score (nSPS) is 22.4. The highest BCUT2D eigenvalue weighted by molar-refractivity contribution is 5.58. The third-order valence-corrected chi connectivity index (χ3v) is 11.1. The summed E-state index contributed by atoms with van der Waals surface area (Å²) < 4.78 is 47.0. The van der Waals surface area contributed by atoms with Crippen LogP contribution in [0.3, 0.4) is 0 Å². The van der Waals surface area contributed by atoms with Gasteiger partial charge in [0.25, 0.3) is 0 Å². The zero-order valence-electron chi connectivity index (χ0n) is 33.4. The summed E-state index contributed by atoms with van der Waals surface area (Å²) in [4.78, 5) is 0. The fourth-order valence-corrected chi connectivity index (χ4v) is 8.09. The van der Waals surface area contributed by atoms with Gasteiger partial charge in [-0.15, -0.1) is 0 Å². The molecule has 4 aliphatic rings. The first kappa shape index (κ1) is 37.8. The van der Waals surface area contributed by atoms with Crippen LogP contribution in [-0.2, 0) is 24.5 Å². The molecule has 4 aromatic carbocycles. The second-order valence-electron chi connectivity index (χ2n) is 16.1. The standard InChI is InChI=1S/C46H54O9/c1-25-9-33(10-26(2)42(25)52-21-37-17-48-37)41(34-11-27(3)43(28(4)12-34)53-22-38-18-49-38)46(47,35-13-29(5)44(30(6)14-35)54-23-39-19-50-39)36-15-31(7)45(32(8)16-36)55-24-40-20-51-40/h9-16,37-41,47H,17-24H2,1-8H3. The SMILES string of the molecule is Cc1cc(C(c2cc(C)c(OCC3CO3)c(C)c2)C(O)(c2cc(C)c(OCC3CO3)c(C)c2)c2cc(C)c(OCC3CO3)c(C)c2)cc(C)c1OCC1CO1. The number of rotatable bonds is 17. The van der Waals surface area contributed by atoms with Gasteiger partial charge >= 0.3 is 0 Å². The Hall–Kier alpha value is -4.12. The second kappa shape index (κ2) is 15.1. The molecule has 0 spiro atoms. The van der Waals surface area contributed by atoms with Crippen LogP contribution in [0.2, 0.25) is 0 Å². The van der Waals surface area contributed by atoms with Crippen LogP contribution in [0.15, 0.2) is 48.5 Å². The molecule has 4 fully saturated rings. The Bertz CT molecular complexity index is 1840. The Morgan fingerprint density at radius 2 is 0.673 bits per heavy atom. The van der Waals surface area contributed by atoms with Crippen LogP contribution < -0.4 is 18.9 Å². The van der Waals surface area contributed by atoms with E-state index in [4.69, 9.17) is 37.9 Å². The predicted molar refractivity (Wildman–Crippen MR) is 209 cm³/mol. The van der Waals surface area contributed by atoms with Crippen LogP contribution in [0.25, 0.3) is 0 Å². The van der Waals surface area contributed by atoms with Gasteiger partial charge in [0, 0.05) is 5.92 Å². The van der Waals surface area contributed by atoms with Crippen LogP contribution in [0.4, 0.5) is 0 Å². The van der Waals surface area contributed by atoms with Gasteiger partial charge in [0.2, 0.25) is 0 Å². The number of hydrogen-bond donors (Lipinski definition) is 1. The summed E-state index contributed by atoms with van der Waals surface area (Å²) in [6, 6.07) is 17.0. The molecule has 0 amide bonds.